The van der Waals surface area contributed by atoms with Crippen molar-refractivity contribution in [1.82, 2.24) is 4.98 Å². The zero-order chi connectivity index (χ0) is 14.9. The van der Waals surface area contributed by atoms with Gasteiger partial charge in [-0.25, -0.2) is 4.79 Å². The van der Waals surface area contributed by atoms with Crippen LogP contribution in [-0.2, 0) is 4.74 Å². The number of hydrogen-bond donors (Lipinski definition) is 2. The lowest BCUT2D eigenvalue weighted by Gasteiger charge is -2.20. The molecule has 0 aliphatic heterocycles. The number of aromatic nitrogens is 1. The molecule has 1 aliphatic carbocycles. The monoisotopic (exact) mass is 278 g/mol. The molecule has 3 N–H and O–H groups in total. The fraction of sp³-hybridized carbons (Fsp3) is 0.600. The number of ether oxygens (including phenoxy) is 1. The van der Waals surface area contributed by atoms with Crippen molar-refractivity contribution >= 4 is 6.09 Å². The van der Waals surface area contributed by atoms with Crippen molar-refractivity contribution in [2.45, 2.75) is 52.1 Å². The Hall–Kier alpha value is -1.78. The van der Waals surface area contributed by atoms with Gasteiger partial charge in [-0.3, -0.25) is 4.79 Å². The molecule has 0 bridgehead atoms. The predicted molar refractivity (Wildman–Crippen MR) is 76.6 cm³/mol. The maximum absolute atomic E-state index is 12.3. The molecule has 0 spiro atoms. The van der Waals surface area contributed by atoms with Crippen LogP contribution in [0.25, 0.3) is 0 Å². The van der Waals surface area contributed by atoms with Gasteiger partial charge in [0.15, 0.2) is 0 Å². The first-order chi connectivity index (χ1) is 9.38. The van der Waals surface area contributed by atoms with Gasteiger partial charge in [-0.15, -0.1) is 0 Å². The molecule has 1 heterocycles. The molecule has 1 unspecified atom stereocenters. The highest BCUT2D eigenvalue weighted by atomic mass is 16.6. The van der Waals surface area contributed by atoms with Crippen molar-refractivity contribution in [3.8, 4) is 0 Å². The molecule has 1 fully saturated rings. The van der Waals surface area contributed by atoms with Gasteiger partial charge in [-0.2, -0.15) is 0 Å². The minimum Gasteiger partial charge on any atom is -0.441 e. The van der Waals surface area contributed by atoms with Crippen molar-refractivity contribution < 1.29 is 9.53 Å². The molecule has 110 valence electrons. The fourth-order valence-electron chi connectivity index (χ4n) is 2.53. The van der Waals surface area contributed by atoms with E-state index in [0.29, 0.717) is 23.8 Å². The molecule has 5 nitrogen and oxygen atoms in total. The summed E-state index contributed by atoms with van der Waals surface area (Å²) in [5, 5.41) is 0. The lowest BCUT2D eigenvalue weighted by Crippen LogP contribution is -2.26. The minimum atomic E-state index is -0.847. The second kappa shape index (κ2) is 5.69. The molecule has 1 amide bonds. The van der Waals surface area contributed by atoms with Gasteiger partial charge in [0, 0.05) is 5.69 Å². The van der Waals surface area contributed by atoms with Crippen molar-refractivity contribution in [3.63, 3.8) is 0 Å². The topological polar surface area (TPSA) is 85.2 Å². The number of pyridine rings is 1. The number of aromatic amines is 1. The SMILES string of the molecule is Cc1cc(C2CC2)[nH]c(=O)c1C(CC(C)C)OC(N)=O. The van der Waals surface area contributed by atoms with Crippen molar-refractivity contribution in [1.29, 1.82) is 0 Å². The number of carbonyl (C=O) groups is 1. The molecule has 5 heteroatoms. The molecule has 2 rings (SSSR count). The summed E-state index contributed by atoms with van der Waals surface area (Å²) >= 11 is 0. The van der Waals surface area contributed by atoms with E-state index in [-0.39, 0.29) is 5.56 Å². The van der Waals surface area contributed by atoms with E-state index in [1.165, 1.54) is 0 Å². The Balaban J connectivity index is 2.36. The molecule has 1 aromatic rings. The van der Waals surface area contributed by atoms with Crippen LogP contribution in [0.3, 0.4) is 0 Å². The summed E-state index contributed by atoms with van der Waals surface area (Å²) in [6, 6.07) is 1.99. The van der Waals surface area contributed by atoms with Crippen LogP contribution in [0, 0.1) is 12.8 Å². The second-order valence-corrected chi connectivity index (χ2v) is 5.98. The molecule has 1 atom stereocenters. The van der Waals surface area contributed by atoms with E-state index in [4.69, 9.17) is 10.5 Å². The quantitative estimate of drug-likeness (QED) is 0.868. The number of primary amides is 1. The average Bonchev–Trinajstić information content (AvgIpc) is 3.09. The van der Waals surface area contributed by atoms with Gasteiger partial charge in [0.25, 0.3) is 5.56 Å². The largest absolute Gasteiger partial charge is 0.441 e. The summed E-state index contributed by atoms with van der Waals surface area (Å²) in [5.41, 5.74) is 7.32. The first kappa shape index (κ1) is 14.6. The number of carbonyl (C=O) groups excluding carboxylic acids is 1. The van der Waals surface area contributed by atoms with E-state index >= 15 is 0 Å². The number of rotatable bonds is 5. The highest BCUT2D eigenvalue weighted by molar-refractivity contribution is 5.65. The van der Waals surface area contributed by atoms with Gasteiger partial charge >= 0.3 is 6.09 Å². The van der Waals surface area contributed by atoms with E-state index in [0.717, 1.165) is 24.1 Å². The zero-order valence-electron chi connectivity index (χ0n) is 12.2. The van der Waals surface area contributed by atoms with E-state index in [1.807, 2.05) is 26.8 Å². The first-order valence-electron chi connectivity index (χ1n) is 7.08. The summed E-state index contributed by atoms with van der Waals surface area (Å²) in [7, 11) is 0. The summed E-state index contributed by atoms with van der Waals surface area (Å²) < 4.78 is 5.14. The molecule has 0 aromatic carbocycles. The Bertz CT molecular complexity index is 559. The van der Waals surface area contributed by atoms with Gasteiger partial charge in [0.1, 0.15) is 6.10 Å². The summed E-state index contributed by atoms with van der Waals surface area (Å²) in [6.45, 7) is 5.91. The fourth-order valence-corrected chi connectivity index (χ4v) is 2.53. The van der Waals surface area contributed by atoms with Crippen molar-refractivity contribution in [2.24, 2.45) is 11.7 Å². The van der Waals surface area contributed by atoms with Gasteiger partial charge in [0.05, 0.1) is 5.56 Å². The number of hydrogen-bond acceptors (Lipinski definition) is 3. The molecule has 1 aliphatic rings. The molecule has 0 saturated heterocycles. The van der Waals surface area contributed by atoms with Crippen LogP contribution in [0.1, 0.15) is 62.0 Å². The van der Waals surface area contributed by atoms with Crippen molar-refractivity contribution in [2.75, 3.05) is 0 Å². The zero-order valence-corrected chi connectivity index (χ0v) is 12.2. The average molecular weight is 278 g/mol. The standard InChI is InChI=1S/C15H22N2O3/c1-8(2)6-12(20-15(16)19)13-9(3)7-11(10-4-5-10)17-14(13)18/h7-8,10,12H,4-6H2,1-3H3,(H2,16,19)(H,17,18). The van der Waals surface area contributed by atoms with E-state index in [2.05, 4.69) is 4.98 Å². The van der Waals surface area contributed by atoms with Crippen molar-refractivity contribution in [3.05, 3.63) is 33.2 Å². The predicted octanol–water partition coefficient (Wildman–Crippen LogP) is 2.74. The third-order valence-corrected chi connectivity index (χ3v) is 3.58. The van der Waals surface area contributed by atoms with Gasteiger partial charge in [0.2, 0.25) is 0 Å². The molecular weight excluding hydrogens is 256 g/mol. The molecule has 1 aromatic heterocycles. The summed E-state index contributed by atoms with van der Waals surface area (Å²) in [5.74, 6) is 0.775. The highest BCUT2D eigenvalue weighted by Crippen LogP contribution is 2.39. The van der Waals surface area contributed by atoms with Crippen LogP contribution in [-0.4, -0.2) is 11.1 Å². The number of H-pyrrole nitrogens is 1. The lowest BCUT2D eigenvalue weighted by molar-refractivity contribution is 0.0922. The van der Waals surface area contributed by atoms with Crippen LogP contribution >= 0.6 is 0 Å². The summed E-state index contributed by atoms with van der Waals surface area (Å²) in [4.78, 5) is 26.3. The van der Waals surface area contributed by atoms with Crippen LogP contribution in [0.15, 0.2) is 10.9 Å². The maximum atomic E-state index is 12.3. The van der Waals surface area contributed by atoms with Gasteiger partial charge < -0.3 is 15.5 Å². The van der Waals surface area contributed by atoms with Crippen LogP contribution in [0.2, 0.25) is 0 Å². The second-order valence-electron chi connectivity index (χ2n) is 5.98. The van der Waals surface area contributed by atoms with Crippen LogP contribution in [0.5, 0.6) is 0 Å². The van der Waals surface area contributed by atoms with Gasteiger partial charge in [-0.05, 0) is 49.7 Å². The number of amides is 1. The molecule has 0 radical (unpaired) electrons. The maximum Gasteiger partial charge on any atom is 0.405 e. The highest BCUT2D eigenvalue weighted by Gasteiger charge is 2.28. The number of aryl methyl sites for hydroxylation is 1. The Morgan fingerprint density at radius 1 is 1.50 bits per heavy atom. The Kier molecular flexibility index (Phi) is 4.16. The molecule has 20 heavy (non-hydrogen) atoms. The minimum absolute atomic E-state index is 0.168. The molecular formula is C15H22N2O3. The number of nitrogens with two attached hydrogens (primary N) is 1. The van der Waals surface area contributed by atoms with E-state index < -0.39 is 12.2 Å². The third-order valence-electron chi connectivity index (χ3n) is 3.58. The van der Waals surface area contributed by atoms with E-state index in [9.17, 15) is 9.59 Å². The molecule has 1 saturated carbocycles. The third kappa shape index (κ3) is 3.40. The van der Waals surface area contributed by atoms with E-state index in [1.54, 1.807) is 0 Å². The Morgan fingerprint density at radius 2 is 2.15 bits per heavy atom. The first-order valence-corrected chi connectivity index (χ1v) is 7.08. The Labute approximate surface area is 118 Å². The summed E-state index contributed by atoms with van der Waals surface area (Å²) in [6.07, 6.45) is 1.41. The van der Waals surface area contributed by atoms with Gasteiger partial charge in [-0.1, -0.05) is 13.8 Å². The van der Waals surface area contributed by atoms with Crippen LogP contribution in [0.4, 0.5) is 4.79 Å². The van der Waals surface area contributed by atoms with Crippen LogP contribution < -0.4 is 11.3 Å². The smallest absolute Gasteiger partial charge is 0.405 e. The number of nitrogens with one attached hydrogen (secondary N) is 1. The Morgan fingerprint density at radius 3 is 2.60 bits per heavy atom. The normalized spacial score (nSPS) is 16.2. The lowest BCUT2D eigenvalue weighted by atomic mass is 9.96.